The standard InChI is InChI=1S/C30H32O3P2/c1-31-27-17-9-11-19-29(27)34(25-13-5-3-6-14-25)23-21-33-22-24-35(26-15-7-4-8-16-26)30-20-12-10-18-28(30)32-2/h3-20H,21-24H2,1-2H3. The van der Waals surface area contributed by atoms with E-state index in [0.29, 0.717) is 13.2 Å². The molecule has 0 spiro atoms. The van der Waals surface area contributed by atoms with E-state index in [0.717, 1.165) is 23.8 Å². The molecule has 4 aromatic carbocycles. The number of rotatable bonds is 12. The molecule has 0 saturated heterocycles. The van der Waals surface area contributed by atoms with Crippen LogP contribution in [0.15, 0.2) is 109 Å². The second-order valence-corrected chi connectivity index (χ2v) is 12.5. The molecule has 0 radical (unpaired) electrons. The Labute approximate surface area is 211 Å². The van der Waals surface area contributed by atoms with Crippen LogP contribution in [0.5, 0.6) is 11.5 Å². The molecular formula is C30H32O3P2. The zero-order chi connectivity index (χ0) is 24.3. The van der Waals surface area contributed by atoms with Gasteiger partial charge in [0.2, 0.25) is 0 Å². The van der Waals surface area contributed by atoms with Gasteiger partial charge >= 0.3 is 0 Å². The molecule has 2 unspecified atom stereocenters. The summed E-state index contributed by atoms with van der Waals surface area (Å²) in [5.74, 6) is 1.90. The Kier molecular flexibility index (Phi) is 9.73. The van der Waals surface area contributed by atoms with Crippen LogP contribution in [0.25, 0.3) is 0 Å². The van der Waals surface area contributed by atoms with Gasteiger partial charge in [0.25, 0.3) is 0 Å². The summed E-state index contributed by atoms with van der Waals surface area (Å²) in [6.45, 7) is 1.42. The van der Waals surface area contributed by atoms with Crippen molar-refractivity contribution in [1.82, 2.24) is 0 Å². The van der Waals surface area contributed by atoms with E-state index in [9.17, 15) is 0 Å². The maximum Gasteiger partial charge on any atom is 0.126 e. The van der Waals surface area contributed by atoms with Crippen LogP contribution >= 0.6 is 15.8 Å². The molecule has 35 heavy (non-hydrogen) atoms. The lowest BCUT2D eigenvalue weighted by Gasteiger charge is -2.22. The summed E-state index contributed by atoms with van der Waals surface area (Å²) in [5.41, 5.74) is 0. The Hall–Kier alpha value is -2.70. The summed E-state index contributed by atoms with van der Waals surface area (Å²) in [7, 11) is 2.36. The fraction of sp³-hybridized carbons (Fsp3) is 0.200. The predicted molar refractivity (Wildman–Crippen MR) is 152 cm³/mol. The van der Waals surface area contributed by atoms with E-state index in [-0.39, 0.29) is 0 Å². The number of methoxy groups -OCH3 is 2. The van der Waals surface area contributed by atoms with E-state index >= 15 is 0 Å². The molecule has 0 bridgehead atoms. The summed E-state index contributed by atoms with van der Waals surface area (Å²) in [5, 5.41) is 5.22. The normalized spacial score (nSPS) is 12.6. The summed E-state index contributed by atoms with van der Waals surface area (Å²) >= 11 is 0. The van der Waals surface area contributed by atoms with Crippen molar-refractivity contribution in [2.75, 3.05) is 39.8 Å². The minimum absolute atomic E-state index is 0.570. The molecule has 0 fully saturated rings. The summed E-state index contributed by atoms with van der Waals surface area (Å²) in [6, 6.07) is 38.2. The molecule has 0 aromatic heterocycles. The molecular weight excluding hydrogens is 470 g/mol. The van der Waals surface area contributed by atoms with Crippen LogP contribution in [0.3, 0.4) is 0 Å². The van der Waals surface area contributed by atoms with E-state index in [2.05, 4.69) is 97.1 Å². The van der Waals surface area contributed by atoms with Gasteiger partial charge in [0.05, 0.1) is 27.4 Å². The quantitative estimate of drug-likeness (QED) is 0.195. The largest absolute Gasteiger partial charge is 0.496 e. The molecule has 0 aliphatic heterocycles. The lowest BCUT2D eigenvalue weighted by Crippen LogP contribution is -2.20. The van der Waals surface area contributed by atoms with E-state index in [1.54, 1.807) is 14.2 Å². The summed E-state index contributed by atoms with van der Waals surface area (Å²) in [6.07, 6.45) is 1.91. The first-order chi connectivity index (χ1) is 17.3. The lowest BCUT2D eigenvalue weighted by atomic mass is 10.3. The van der Waals surface area contributed by atoms with Gasteiger partial charge in [-0.25, -0.2) is 0 Å². The number of para-hydroxylation sites is 2. The zero-order valence-electron chi connectivity index (χ0n) is 20.3. The van der Waals surface area contributed by atoms with Crippen molar-refractivity contribution in [3.63, 3.8) is 0 Å². The van der Waals surface area contributed by atoms with Crippen LogP contribution in [-0.2, 0) is 4.74 Å². The van der Waals surface area contributed by atoms with Gasteiger partial charge in [-0.15, -0.1) is 0 Å². The Morgan fingerprint density at radius 1 is 0.486 bits per heavy atom. The van der Waals surface area contributed by atoms with Crippen LogP contribution in [-0.4, -0.2) is 39.8 Å². The van der Waals surface area contributed by atoms with Crippen molar-refractivity contribution < 1.29 is 14.2 Å². The molecule has 4 aromatic rings. The molecule has 0 saturated carbocycles. The van der Waals surface area contributed by atoms with Crippen LogP contribution in [0.4, 0.5) is 0 Å². The molecule has 3 nitrogen and oxygen atoms in total. The molecule has 4 rings (SSSR count). The van der Waals surface area contributed by atoms with Crippen molar-refractivity contribution in [1.29, 1.82) is 0 Å². The topological polar surface area (TPSA) is 27.7 Å². The minimum atomic E-state index is -0.570. The third-order valence-electron chi connectivity index (χ3n) is 5.81. The lowest BCUT2D eigenvalue weighted by molar-refractivity contribution is 0.166. The van der Waals surface area contributed by atoms with Crippen LogP contribution < -0.4 is 30.7 Å². The molecule has 0 heterocycles. The number of hydrogen-bond acceptors (Lipinski definition) is 3. The van der Waals surface area contributed by atoms with Crippen molar-refractivity contribution in [2.24, 2.45) is 0 Å². The highest BCUT2D eigenvalue weighted by molar-refractivity contribution is 7.73. The first-order valence-corrected chi connectivity index (χ1v) is 14.9. The second-order valence-electron chi connectivity index (χ2n) is 7.93. The molecule has 5 heteroatoms. The van der Waals surface area contributed by atoms with Crippen molar-refractivity contribution >= 4 is 37.1 Å². The predicted octanol–water partition coefficient (Wildman–Crippen LogP) is 5.29. The minimum Gasteiger partial charge on any atom is -0.496 e. The van der Waals surface area contributed by atoms with Crippen molar-refractivity contribution in [2.45, 2.75) is 0 Å². The first kappa shape index (κ1) is 25.4. The smallest absolute Gasteiger partial charge is 0.126 e. The number of ether oxygens (including phenoxy) is 3. The molecule has 0 aliphatic rings. The number of hydrogen-bond donors (Lipinski definition) is 0. The second kappa shape index (κ2) is 13.4. The van der Waals surface area contributed by atoms with E-state index in [4.69, 9.17) is 14.2 Å². The van der Waals surface area contributed by atoms with Crippen LogP contribution in [0, 0.1) is 0 Å². The third kappa shape index (κ3) is 6.71. The van der Waals surface area contributed by atoms with Gasteiger partial charge in [-0.3, -0.25) is 0 Å². The average Bonchev–Trinajstić information content (AvgIpc) is 2.94. The number of benzene rings is 4. The average molecular weight is 503 g/mol. The highest BCUT2D eigenvalue weighted by Gasteiger charge is 2.19. The maximum atomic E-state index is 6.28. The SMILES string of the molecule is COc1ccccc1P(CCOCCP(c1ccccc1)c1ccccc1OC)c1ccccc1. The van der Waals surface area contributed by atoms with Gasteiger partial charge in [0.15, 0.2) is 0 Å². The van der Waals surface area contributed by atoms with Gasteiger partial charge in [-0.1, -0.05) is 97.1 Å². The van der Waals surface area contributed by atoms with Crippen LogP contribution in [0.1, 0.15) is 0 Å². The molecule has 0 amide bonds. The van der Waals surface area contributed by atoms with Gasteiger partial charge in [0.1, 0.15) is 11.5 Å². The van der Waals surface area contributed by atoms with E-state index in [1.165, 1.54) is 21.2 Å². The maximum absolute atomic E-state index is 6.28. The van der Waals surface area contributed by atoms with Gasteiger partial charge in [0, 0.05) is 10.6 Å². The van der Waals surface area contributed by atoms with Gasteiger partial charge < -0.3 is 14.2 Å². The Morgan fingerprint density at radius 2 is 0.857 bits per heavy atom. The third-order valence-corrected chi connectivity index (χ3v) is 10.8. The molecule has 0 aliphatic carbocycles. The Bertz CT molecular complexity index is 1080. The van der Waals surface area contributed by atoms with Crippen molar-refractivity contribution in [3.8, 4) is 11.5 Å². The first-order valence-electron chi connectivity index (χ1n) is 11.8. The highest BCUT2D eigenvalue weighted by atomic mass is 31.1. The van der Waals surface area contributed by atoms with Crippen molar-refractivity contribution in [3.05, 3.63) is 109 Å². The van der Waals surface area contributed by atoms with Gasteiger partial charge in [-0.2, -0.15) is 0 Å². The Morgan fingerprint density at radius 3 is 1.26 bits per heavy atom. The fourth-order valence-corrected chi connectivity index (χ4v) is 8.75. The highest BCUT2D eigenvalue weighted by Crippen LogP contribution is 2.38. The molecule has 180 valence electrons. The zero-order valence-corrected chi connectivity index (χ0v) is 22.1. The summed E-state index contributed by atoms with van der Waals surface area (Å²) in [4.78, 5) is 0. The monoisotopic (exact) mass is 502 g/mol. The molecule has 0 N–H and O–H groups in total. The molecule has 2 atom stereocenters. The Balaban J connectivity index is 1.44. The fourth-order valence-electron chi connectivity index (χ4n) is 4.11. The van der Waals surface area contributed by atoms with E-state index < -0.39 is 15.8 Å². The summed E-state index contributed by atoms with van der Waals surface area (Å²) < 4.78 is 17.7. The van der Waals surface area contributed by atoms with Gasteiger partial charge in [-0.05, 0) is 50.9 Å². The van der Waals surface area contributed by atoms with Crippen LogP contribution in [0.2, 0.25) is 0 Å². The van der Waals surface area contributed by atoms with E-state index in [1.807, 2.05) is 12.1 Å².